The van der Waals surface area contributed by atoms with Gasteiger partial charge in [0.25, 0.3) is 5.56 Å². The Kier molecular flexibility index (Phi) is 4.61. The topological polar surface area (TPSA) is 73.1 Å². The summed E-state index contributed by atoms with van der Waals surface area (Å²) in [4.78, 5) is 37.1. The monoisotopic (exact) mass is 377 g/mol. The van der Waals surface area contributed by atoms with Gasteiger partial charge in [-0.2, -0.15) is 13.2 Å². The van der Waals surface area contributed by atoms with Gasteiger partial charge < -0.3 is 5.32 Å². The van der Waals surface area contributed by atoms with E-state index in [0.717, 1.165) is 22.8 Å². The molecule has 27 heavy (non-hydrogen) atoms. The molecule has 0 fully saturated rings. The Hall–Kier alpha value is -3.36. The number of aryl methyl sites for hydroxylation is 1. The first-order chi connectivity index (χ1) is 12.7. The number of nitrogens with zero attached hydrogens (tertiary/aromatic N) is 2. The lowest BCUT2D eigenvalue weighted by atomic mass is 10.2. The van der Waals surface area contributed by atoms with Gasteiger partial charge in [0.1, 0.15) is 6.54 Å². The SMILES string of the molecule is Cn1c(=O)n(CC(=O)Nc2cccc(C(F)(F)F)c2)c(=O)c2ccccc21. The Morgan fingerprint density at radius 2 is 1.78 bits per heavy atom. The highest BCUT2D eigenvalue weighted by atomic mass is 19.4. The van der Waals surface area contributed by atoms with Crippen molar-refractivity contribution in [3.8, 4) is 0 Å². The molecule has 2 aromatic carbocycles. The molecule has 0 saturated heterocycles. The molecule has 9 heteroatoms. The Labute approximate surface area is 150 Å². The Morgan fingerprint density at radius 1 is 1.07 bits per heavy atom. The van der Waals surface area contributed by atoms with Gasteiger partial charge in [-0.05, 0) is 30.3 Å². The number of benzene rings is 2. The van der Waals surface area contributed by atoms with Crippen LogP contribution in [0.5, 0.6) is 0 Å². The van der Waals surface area contributed by atoms with Crippen LogP contribution in [0.15, 0.2) is 58.1 Å². The molecule has 1 aromatic heterocycles. The highest BCUT2D eigenvalue weighted by Gasteiger charge is 2.30. The van der Waals surface area contributed by atoms with Crippen LogP contribution in [0.3, 0.4) is 0 Å². The van der Waals surface area contributed by atoms with E-state index in [0.29, 0.717) is 5.52 Å². The summed E-state index contributed by atoms with van der Waals surface area (Å²) in [6, 6.07) is 10.5. The molecule has 0 unspecified atom stereocenters. The van der Waals surface area contributed by atoms with Crippen LogP contribution in [-0.4, -0.2) is 15.0 Å². The molecule has 0 bridgehead atoms. The smallest absolute Gasteiger partial charge is 0.325 e. The van der Waals surface area contributed by atoms with Crippen LogP contribution in [0, 0.1) is 0 Å². The van der Waals surface area contributed by atoms with Crippen molar-refractivity contribution in [2.24, 2.45) is 7.05 Å². The number of aromatic nitrogens is 2. The van der Waals surface area contributed by atoms with E-state index in [1.165, 1.54) is 23.7 Å². The van der Waals surface area contributed by atoms with Crippen molar-refractivity contribution in [2.45, 2.75) is 12.7 Å². The molecule has 6 nitrogen and oxygen atoms in total. The third-order valence-electron chi connectivity index (χ3n) is 4.03. The van der Waals surface area contributed by atoms with Gasteiger partial charge in [-0.15, -0.1) is 0 Å². The number of halogens is 3. The van der Waals surface area contributed by atoms with E-state index in [-0.39, 0.29) is 11.1 Å². The predicted octanol–water partition coefficient (Wildman–Crippen LogP) is 2.36. The molecule has 0 atom stereocenters. The average molecular weight is 377 g/mol. The molecule has 0 radical (unpaired) electrons. The number of amides is 1. The number of alkyl halides is 3. The second-order valence-corrected chi connectivity index (χ2v) is 5.88. The lowest BCUT2D eigenvalue weighted by Crippen LogP contribution is -2.41. The van der Waals surface area contributed by atoms with Crippen molar-refractivity contribution in [3.05, 3.63) is 74.9 Å². The van der Waals surface area contributed by atoms with E-state index in [9.17, 15) is 27.6 Å². The molecular formula is C18H14F3N3O3. The van der Waals surface area contributed by atoms with E-state index < -0.39 is 35.4 Å². The highest BCUT2D eigenvalue weighted by molar-refractivity contribution is 5.90. The second-order valence-electron chi connectivity index (χ2n) is 5.88. The van der Waals surface area contributed by atoms with Gasteiger partial charge in [0.2, 0.25) is 5.91 Å². The highest BCUT2D eigenvalue weighted by Crippen LogP contribution is 2.30. The molecular weight excluding hydrogens is 363 g/mol. The minimum atomic E-state index is -4.55. The van der Waals surface area contributed by atoms with E-state index in [2.05, 4.69) is 5.32 Å². The summed E-state index contributed by atoms with van der Waals surface area (Å²) >= 11 is 0. The third-order valence-corrected chi connectivity index (χ3v) is 4.03. The number of fused-ring (bicyclic) bond motifs is 1. The van der Waals surface area contributed by atoms with Gasteiger partial charge in [0, 0.05) is 12.7 Å². The standard InChI is InChI=1S/C18H14F3N3O3/c1-23-14-8-3-2-7-13(14)16(26)24(17(23)27)10-15(25)22-12-6-4-5-11(9-12)18(19,20)21/h2-9H,10H2,1H3,(H,22,25). The maximum atomic E-state index is 12.7. The van der Waals surface area contributed by atoms with E-state index in [1.807, 2.05) is 0 Å². The lowest BCUT2D eigenvalue weighted by Gasteiger charge is -2.12. The maximum Gasteiger partial charge on any atom is 0.416 e. The first-order valence-electron chi connectivity index (χ1n) is 7.84. The molecule has 0 aliphatic rings. The van der Waals surface area contributed by atoms with Gasteiger partial charge in [0.05, 0.1) is 16.5 Å². The van der Waals surface area contributed by atoms with E-state index >= 15 is 0 Å². The fourth-order valence-electron chi connectivity index (χ4n) is 2.72. The summed E-state index contributed by atoms with van der Waals surface area (Å²) in [6.45, 7) is -0.618. The number of carbonyl (C=O) groups is 1. The fourth-order valence-corrected chi connectivity index (χ4v) is 2.72. The Morgan fingerprint density at radius 3 is 2.48 bits per heavy atom. The number of rotatable bonds is 3. The van der Waals surface area contributed by atoms with Gasteiger partial charge in [-0.1, -0.05) is 18.2 Å². The summed E-state index contributed by atoms with van der Waals surface area (Å²) in [7, 11) is 1.46. The fraction of sp³-hybridized carbons (Fsp3) is 0.167. The molecule has 0 aliphatic carbocycles. The maximum absolute atomic E-state index is 12.7. The zero-order valence-corrected chi connectivity index (χ0v) is 14.1. The number of para-hydroxylation sites is 1. The lowest BCUT2D eigenvalue weighted by molar-refractivity contribution is -0.137. The zero-order valence-electron chi connectivity index (χ0n) is 14.1. The van der Waals surface area contributed by atoms with Crippen LogP contribution in [0.25, 0.3) is 10.9 Å². The van der Waals surface area contributed by atoms with Crippen molar-refractivity contribution in [2.75, 3.05) is 5.32 Å². The van der Waals surface area contributed by atoms with Crippen LogP contribution < -0.4 is 16.6 Å². The number of anilines is 1. The third kappa shape index (κ3) is 3.62. The minimum Gasteiger partial charge on any atom is -0.325 e. The molecule has 0 spiro atoms. The molecule has 0 saturated carbocycles. The summed E-state index contributed by atoms with van der Waals surface area (Å²) in [5.74, 6) is -0.788. The van der Waals surface area contributed by atoms with Crippen LogP contribution in [0.4, 0.5) is 18.9 Å². The van der Waals surface area contributed by atoms with Crippen LogP contribution in [0.1, 0.15) is 5.56 Å². The Bertz CT molecular complexity index is 1150. The molecule has 1 amide bonds. The molecule has 3 rings (SSSR count). The van der Waals surface area contributed by atoms with Crippen molar-refractivity contribution in [3.63, 3.8) is 0 Å². The normalized spacial score (nSPS) is 11.6. The summed E-state index contributed by atoms with van der Waals surface area (Å²) in [6.07, 6.45) is -4.55. The van der Waals surface area contributed by atoms with E-state index in [4.69, 9.17) is 0 Å². The number of carbonyl (C=O) groups excluding carboxylic acids is 1. The number of hydrogen-bond donors (Lipinski definition) is 1. The Balaban J connectivity index is 1.92. The molecule has 0 aliphatic heterocycles. The summed E-state index contributed by atoms with van der Waals surface area (Å²) in [5.41, 5.74) is -1.92. The number of hydrogen-bond acceptors (Lipinski definition) is 3. The summed E-state index contributed by atoms with van der Waals surface area (Å²) < 4.78 is 40.2. The van der Waals surface area contributed by atoms with Gasteiger partial charge in [-0.25, -0.2) is 4.79 Å². The van der Waals surface area contributed by atoms with Crippen molar-refractivity contribution in [1.82, 2.24) is 9.13 Å². The number of nitrogens with one attached hydrogen (secondary N) is 1. The summed E-state index contributed by atoms with van der Waals surface area (Å²) in [5, 5.41) is 2.53. The first kappa shape index (κ1) is 18.4. The van der Waals surface area contributed by atoms with Crippen molar-refractivity contribution < 1.29 is 18.0 Å². The first-order valence-corrected chi connectivity index (χ1v) is 7.84. The van der Waals surface area contributed by atoms with Crippen molar-refractivity contribution in [1.29, 1.82) is 0 Å². The second kappa shape index (κ2) is 6.75. The zero-order chi connectivity index (χ0) is 19.8. The quantitative estimate of drug-likeness (QED) is 0.762. The largest absolute Gasteiger partial charge is 0.416 e. The van der Waals surface area contributed by atoms with Gasteiger partial charge in [0.15, 0.2) is 0 Å². The van der Waals surface area contributed by atoms with Crippen LogP contribution >= 0.6 is 0 Å². The van der Waals surface area contributed by atoms with E-state index in [1.54, 1.807) is 18.2 Å². The predicted molar refractivity (Wildman–Crippen MR) is 93.5 cm³/mol. The molecule has 3 aromatic rings. The van der Waals surface area contributed by atoms with Gasteiger partial charge >= 0.3 is 11.9 Å². The average Bonchev–Trinajstić information content (AvgIpc) is 2.63. The molecule has 1 N–H and O–H groups in total. The van der Waals surface area contributed by atoms with Crippen LogP contribution in [-0.2, 0) is 24.6 Å². The van der Waals surface area contributed by atoms with Gasteiger partial charge in [-0.3, -0.25) is 18.7 Å². The van der Waals surface area contributed by atoms with Crippen molar-refractivity contribution >= 4 is 22.5 Å². The minimum absolute atomic E-state index is 0.0829. The molecule has 1 heterocycles. The van der Waals surface area contributed by atoms with Crippen LogP contribution in [0.2, 0.25) is 0 Å². The molecule has 140 valence electrons.